The standard InChI is InChI=1S/C12H15N5O2/c1-3-17(7-9-6-13-8-16(9)2)12-14-5-4-10(15-12)11(18)19/h4-6,8H,3,7H2,1-2H3,(H,18,19). The molecule has 7 heteroatoms. The minimum Gasteiger partial charge on any atom is -0.477 e. The van der Waals surface area contributed by atoms with Gasteiger partial charge in [-0.1, -0.05) is 0 Å². The van der Waals surface area contributed by atoms with Gasteiger partial charge in [0.15, 0.2) is 5.69 Å². The van der Waals surface area contributed by atoms with Crippen molar-refractivity contribution >= 4 is 11.9 Å². The number of hydrogen-bond acceptors (Lipinski definition) is 5. The summed E-state index contributed by atoms with van der Waals surface area (Å²) in [6.45, 7) is 3.22. The highest BCUT2D eigenvalue weighted by Crippen LogP contribution is 2.11. The quantitative estimate of drug-likeness (QED) is 0.862. The highest BCUT2D eigenvalue weighted by atomic mass is 16.4. The number of aryl methyl sites for hydroxylation is 1. The molecule has 0 amide bonds. The molecule has 2 aromatic rings. The summed E-state index contributed by atoms with van der Waals surface area (Å²) in [7, 11) is 1.91. The molecule has 2 rings (SSSR count). The van der Waals surface area contributed by atoms with E-state index in [1.807, 2.05) is 23.4 Å². The minimum absolute atomic E-state index is 0.00606. The largest absolute Gasteiger partial charge is 0.477 e. The number of aromatic nitrogens is 4. The number of anilines is 1. The fourth-order valence-electron chi connectivity index (χ4n) is 1.68. The van der Waals surface area contributed by atoms with Crippen LogP contribution >= 0.6 is 0 Å². The van der Waals surface area contributed by atoms with Crippen LogP contribution in [0.25, 0.3) is 0 Å². The summed E-state index contributed by atoms with van der Waals surface area (Å²) < 4.78 is 1.91. The molecule has 0 fully saturated rings. The van der Waals surface area contributed by atoms with E-state index in [-0.39, 0.29) is 5.69 Å². The molecule has 0 saturated carbocycles. The number of carboxylic acid groups (broad SMARTS) is 1. The molecular weight excluding hydrogens is 246 g/mol. The number of carbonyl (C=O) groups is 1. The first-order valence-electron chi connectivity index (χ1n) is 5.88. The highest BCUT2D eigenvalue weighted by molar-refractivity contribution is 5.85. The predicted octanol–water partition coefficient (Wildman–Crippen LogP) is 0.935. The SMILES string of the molecule is CCN(Cc1cncn1C)c1nccc(C(=O)O)n1. The maximum atomic E-state index is 10.9. The van der Waals surface area contributed by atoms with E-state index in [1.54, 1.807) is 12.5 Å². The molecular formula is C12H15N5O2. The molecule has 0 aromatic carbocycles. The van der Waals surface area contributed by atoms with Crippen molar-refractivity contribution in [3.8, 4) is 0 Å². The third-order valence-electron chi connectivity index (χ3n) is 2.80. The Bertz CT molecular complexity index is 581. The van der Waals surface area contributed by atoms with E-state index in [2.05, 4.69) is 15.0 Å². The van der Waals surface area contributed by atoms with Crippen LogP contribution < -0.4 is 4.90 Å². The van der Waals surface area contributed by atoms with Crippen molar-refractivity contribution in [2.45, 2.75) is 13.5 Å². The average molecular weight is 261 g/mol. The maximum Gasteiger partial charge on any atom is 0.354 e. The molecule has 7 nitrogen and oxygen atoms in total. The Labute approximate surface area is 110 Å². The molecule has 0 atom stereocenters. The smallest absolute Gasteiger partial charge is 0.354 e. The van der Waals surface area contributed by atoms with Crippen LogP contribution in [0.2, 0.25) is 0 Å². The summed E-state index contributed by atoms with van der Waals surface area (Å²) in [5, 5.41) is 8.94. The second-order valence-electron chi connectivity index (χ2n) is 4.06. The van der Waals surface area contributed by atoms with Crippen molar-refractivity contribution < 1.29 is 9.90 Å². The van der Waals surface area contributed by atoms with Crippen molar-refractivity contribution in [1.82, 2.24) is 19.5 Å². The second-order valence-corrected chi connectivity index (χ2v) is 4.06. The van der Waals surface area contributed by atoms with Crippen molar-refractivity contribution in [3.63, 3.8) is 0 Å². The fraction of sp³-hybridized carbons (Fsp3) is 0.333. The van der Waals surface area contributed by atoms with Crippen LogP contribution in [0.1, 0.15) is 23.1 Å². The normalized spacial score (nSPS) is 10.4. The number of imidazole rings is 1. The van der Waals surface area contributed by atoms with Gasteiger partial charge in [0.2, 0.25) is 5.95 Å². The lowest BCUT2D eigenvalue weighted by atomic mass is 10.4. The van der Waals surface area contributed by atoms with Crippen molar-refractivity contribution in [2.75, 3.05) is 11.4 Å². The van der Waals surface area contributed by atoms with E-state index in [0.717, 1.165) is 5.69 Å². The van der Waals surface area contributed by atoms with Crippen LogP contribution in [0.4, 0.5) is 5.95 Å². The second kappa shape index (κ2) is 5.47. The van der Waals surface area contributed by atoms with E-state index in [1.165, 1.54) is 12.3 Å². The third-order valence-corrected chi connectivity index (χ3v) is 2.80. The maximum absolute atomic E-state index is 10.9. The lowest BCUT2D eigenvalue weighted by Gasteiger charge is -2.20. The predicted molar refractivity (Wildman–Crippen MR) is 68.9 cm³/mol. The number of hydrogen-bond donors (Lipinski definition) is 1. The van der Waals surface area contributed by atoms with E-state index in [0.29, 0.717) is 19.0 Å². The zero-order valence-corrected chi connectivity index (χ0v) is 10.8. The Balaban J connectivity index is 2.24. The van der Waals surface area contributed by atoms with Gasteiger partial charge in [0.25, 0.3) is 0 Å². The van der Waals surface area contributed by atoms with Gasteiger partial charge in [-0.05, 0) is 13.0 Å². The van der Waals surface area contributed by atoms with Crippen LogP contribution in [-0.2, 0) is 13.6 Å². The summed E-state index contributed by atoms with van der Waals surface area (Å²) in [6.07, 6.45) is 4.94. The zero-order chi connectivity index (χ0) is 13.8. The van der Waals surface area contributed by atoms with E-state index < -0.39 is 5.97 Å². The van der Waals surface area contributed by atoms with Gasteiger partial charge in [-0.25, -0.2) is 19.7 Å². The molecule has 0 aliphatic carbocycles. The number of carboxylic acids is 1. The Morgan fingerprint density at radius 2 is 2.32 bits per heavy atom. The van der Waals surface area contributed by atoms with E-state index >= 15 is 0 Å². The Kier molecular flexibility index (Phi) is 3.74. The van der Waals surface area contributed by atoms with E-state index in [4.69, 9.17) is 5.11 Å². The fourth-order valence-corrected chi connectivity index (χ4v) is 1.68. The third kappa shape index (κ3) is 2.87. The Morgan fingerprint density at radius 3 is 2.89 bits per heavy atom. The summed E-state index contributed by atoms with van der Waals surface area (Å²) in [5.41, 5.74) is 1.000. The Hall–Kier alpha value is -2.44. The first-order chi connectivity index (χ1) is 9.11. The monoisotopic (exact) mass is 261 g/mol. The van der Waals surface area contributed by atoms with Crippen molar-refractivity contribution in [1.29, 1.82) is 0 Å². The van der Waals surface area contributed by atoms with Crippen LogP contribution in [0, 0.1) is 0 Å². The van der Waals surface area contributed by atoms with E-state index in [9.17, 15) is 4.79 Å². The minimum atomic E-state index is -1.06. The molecule has 0 radical (unpaired) electrons. The van der Waals surface area contributed by atoms with Gasteiger partial charge in [-0.3, -0.25) is 0 Å². The van der Waals surface area contributed by atoms with Gasteiger partial charge in [0.1, 0.15) is 0 Å². The number of nitrogens with zero attached hydrogens (tertiary/aromatic N) is 5. The van der Waals surface area contributed by atoms with Gasteiger partial charge in [-0.15, -0.1) is 0 Å². The number of aromatic carboxylic acids is 1. The van der Waals surface area contributed by atoms with Crippen LogP contribution in [0.15, 0.2) is 24.8 Å². The Morgan fingerprint density at radius 1 is 1.53 bits per heavy atom. The van der Waals surface area contributed by atoms with Gasteiger partial charge in [0, 0.05) is 26.0 Å². The summed E-state index contributed by atoms with van der Waals surface area (Å²) >= 11 is 0. The average Bonchev–Trinajstić information content (AvgIpc) is 2.81. The van der Waals surface area contributed by atoms with Crippen LogP contribution in [0.5, 0.6) is 0 Å². The van der Waals surface area contributed by atoms with Crippen LogP contribution in [-0.4, -0.2) is 37.1 Å². The topological polar surface area (TPSA) is 84.1 Å². The van der Waals surface area contributed by atoms with Crippen molar-refractivity contribution in [3.05, 3.63) is 36.2 Å². The summed E-state index contributed by atoms with van der Waals surface area (Å²) in [6, 6.07) is 1.38. The number of rotatable bonds is 5. The van der Waals surface area contributed by atoms with Gasteiger partial charge in [-0.2, -0.15) is 0 Å². The molecule has 0 saturated heterocycles. The summed E-state index contributed by atoms with van der Waals surface area (Å²) in [4.78, 5) is 25.0. The first kappa shape index (κ1) is 13.0. The molecule has 1 N–H and O–H groups in total. The first-order valence-corrected chi connectivity index (χ1v) is 5.88. The van der Waals surface area contributed by atoms with Gasteiger partial charge < -0.3 is 14.6 Å². The molecule has 0 unspecified atom stereocenters. The molecule has 0 aliphatic rings. The highest BCUT2D eigenvalue weighted by Gasteiger charge is 2.13. The van der Waals surface area contributed by atoms with Gasteiger partial charge in [0.05, 0.1) is 18.6 Å². The lowest BCUT2D eigenvalue weighted by Crippen LogP contribution is -2.26. The molecule has 2 aromatic heterocycles. The summed E-state index contributed by atoms with van der Waals surface area (Å²) in [5.74, 6) is -0.649. The van der Waals surface area contributed by atoms with Crippen LogP contribution in [0.3, 0.4) is 0 Å². The molecule has 0 aliphatic heterocycles. The molecule has 0 bridgehead atoms. The molecule has 100 valence electrons. The zero-order valence-electron chi connectivity index (χ0n) is 10.8. The van der Waals surface area contributed by atoms with Gasteiger partial charge >= 0.3 is 5.97 Å². The van der Waals surface area contributed by atoms with Crippen molar-refractivity contribution in [2.24, 2.45) is 7.05 Å². The molecule has 19 heavy (non-hydrogen) atoms. The molecule has 2 heterocycles. The molecule has 0 spiro atoms. The lowest BCUT2D eigenvalue weighted by molar-refractivity contribution is 0.0690.